The maximum Gasteiger partial charge on any atom is 0 e. The van der Waals surface area contributed by atoms with Gasteiger partial charge in [-0.3, -0.25) is 0 Å². The van der Waals surface area contributed by atoms with E-state index in [0.29, 0.717) is 0 Å². The summed E-state index contributed by atoms with van der Waals surface area (Å²) in [4.78, 5) is 0. The van der Waals surface area contributed by atoms with Crippen LogP contribution in [0, 0.1) is 0 Å². The van der Waals surface area contributed by atoms with Gasteiger partial charge in [-0.15, -0.1) is 0 Å². The molecular formula is C18H38SSi. The summed E-state index contributed by atoms with van der Waals surface area (Å²) < 4.78 is 0. The molecule has 0 fully saturated rings. The van der Waals surface area contributed by atoms with Gasteiger partial charge in [0.05, 0.1) is 0 Å². The number of unbranched alkanes of at least 4 members (excludes halogenated alkanes) is 15. The van der Waals surface area contributed by atoms with Crippen molar-refractivity contribution in [1.82, 2.24) is 0 Å². The van der Waals surface area contributed by atoms with Crippen LogP contribution in [-0.2, 0) is 0 Å². The van der Waals surface area contributed by atoms with Gasteiger partial charge in [0.2, 0.25) is 0 Å². The van der Waals surface area contributed by atoms with Gasteiger partial charge in [-0.25, -0.2) is 0 Å². The number of hydrogen-bond donors (Lipinski definition) is 1. The lowest BCUT2D eigenvalue weighted by Gasteiger charge is -2.03. The van der Waals surface area contributed by atoms with Crippen LogP contribution >= 0.6 is 12.6 Å². The molecule has 0 amide bonds. The lowest BCUT2D eigenvalue weighted by molar-refractivity contribution is 0.532. The van der Waals surface area contributed by atoms with Crippen molar-refractivity contribution in [2.24, 2.45) is 0 Å². The molecular weight excluding hydrogens is 276 g/mol. The van der Waals surface area contributed by atoms with Crippen molar-refractivity contribution in [3.63, 3.8) is 0 Å². The first kappa shape index (κ1) is 22.8. The summed E-state index contributed by atoms with van der Waals surface area (Å²) in [6, 6.07) is 0. The molecule has 0 unspecified atom stereocenters. The van der Waals surface area contributed by atoms with Gasteiger partial charge < -0.3 is 0 Å². The monoisotopic (exact) mass is 314 g/mol. The van der Waals surface area contributed by atoms with E-state index in [2.05, 4.69) is 19.6 Å². The fraction of sp³-hybridized carbons (Fsp3) is 1.00. The topological polar surface area (TPSA) is 0 Å². The maximum atomic E-state index is 4.24. The highest BCUT2D eigenvalue weighted by Gasteiger charge is 1.94. The van der Waals surface area contributed by atoms with Crippen LogP contribution < -0.4 is 0 Å². The molecule has 2 heteroatoms. The van der Waals surface area contributed by atoms with Crippen molar-refractivity contribution in [3.8, 4) is 0 Å². The third-order valence-corrected chi connectivity index (χ3v) is 4.33. The van der Waals surface area contributed by atoms with E-state index in [1.54, 1.807) is 0 Å². The minimum absolute atomic E-state index is 0. The first-order chi connectivity index (χ1) is 9.41. The minimum atomic E-state index is 0. The summed E-state index contributed by atoms with van der Waals surface area (Å²) in [6.07, 6.45) is 23.1. The molecule has 0 spiro atoms. The molecule has 0 heterocycles. The van der Waals surface area contributed by atoms with Gasteiger partial charge in [0.1, 0.15) is 0 Å². The molecule has 120 valence electrons. The third-order valence-electron chi connectivity index (χ3n) is 4.01. The molecule has 0 atom stereocenters. The number of thiol groups is 1. The molecule has 0 saturated heterocycles. The average molecular weight is 315 g/mol. The molecule has 0 aliphatic heterocycles. The highest BCUT2D eigenvalue weighted by Crippen LogP contribution is 2.13. The standard InChI is InChI=1S/C18H38S.Si/c1-2-3-4-5-6-7-8-9-10-11-12-13-14-15-16-17-18-19;/h19H,2-18H2,1H3;. The van der Waals surface area contributed by atoms with Gasteiger partial charge >= 0.3 is 0 Å². The second-order valence-corrected chi connectivity index (χ2v) is 6.47. The van der Waals surface area contributed by atoms with E-state index in [1.165, 1.54) is 103 Å². The minimum Gasteiger partial charge on any atom is -0.179 e. The fourth-order valence-corrected chi connectivity index (χ4v) is 2.88. The van der Waals surface area contributed by atoms with E-state index in [-0.39, 0.29) is 11.0 Å². The Kier molecular flexibility index (Phi) is 25.0. The normalized spacial score (nSPS) is 10.5. The predicted molar refractivity (Wildman–Crippen MR) is 99.2 cm³/mol. The van der Waals surface area contributed by atoms with Gasteiger partial charge in [0, 0.05) is 11.0 Å². The fourth-order valence-electron chi connectivity index (χ4n) is 2.66. The summed E-state index contributed by atoms with van der Waals surface area (Å²) in [6.45, 7) is 2.29. The van der Waals surface area contributed by atoms with Crippen molar-refractivity contribution in [3.05, 3.63) is 0 Å². The van der Waals surface area contributed by atoms with Crippen LogP contribution in [-0.4, -0.2) is 16.7 Å². The molecule has 4 radical (unpaired) electrons. The van der Waals surface area contributed by atoms with E-state index < -0.39 is 0 Å². The number of rotatable bonds is 16. The summed E-state index contributed by atoms with van der Waals surface area (Å²) >= 11 is 4.24. The first-order valence-corrected chi connectivity index (χ1v) is 9.66. The Morgan fingerprint density at radius 1 is 0.450 bits per heavy atom. The van der Waals surface area contributed by atoms with Crippen molar-refractivity contribution in [2.75, 3.05) is 5.75 Å². The van der Waals surface area contributed by atoms with Crippen LogP contribution in [0.2, 0.25) is 0 Å². The van der Waals surface area contributed by atoms with Gasteiger partial charge in [-0.1, -0.05) is 103 Å². The molecule has 0 N–H and O–H groups in total. The molecule has 0 aromatic carbocycles. The van der Waals surface area contributed by atoms with Crippen molar-refractivity contribution < 1.29 is 0 Å². The van der Waals surface area contributed by atoms with Crippen molar-refractivity contribution in [1.29, 1.82) is 0 Å². The Morgan fingerprint density at radius 3 is 0.950 bits per heavy atom. The lowest BCUT2D eigenvalue weighted by Crippen LogP contribution is -1.83. The Labute approximate surface area is 139 Å². The van der Waals surface area contributed by atoms with Gasteiger partial charge in [-0.05, 0) is 12.2 Å². The van der Waals surface area contributed by atoms with Gasteiger partial charge in [0.25, 0.3) is 0 Å². The Bertz CT molecular complexity index is 134. The molecule has 0 rings (SSSR count). The van der Waals surface area contributed by atoms with E-state index in [1.807, 2.05) is 0 Å². The second-order valence-electron chi connectivity index (χ2n) is 6.03. The van der Waals surface area contributed by atoms with E-state index in [4.69, 9.17) is 0 Å². The Morgan fingerprint density at radius 2 is 0.700 bits per heavy atom. The highest BCUT2D eigenvalue weighted by molar-refractivity contribution is 7.80. The van der Waals surface area contributed by atoms with E-state index >= 15 is 0 Å². The highest BCUT2D eigenvalue weighted by atomic mass is 32.1. The summed E-state index contributed by atoms with van der Waals surface area (Å²) in [7, 11) is 0. The van der Waals surface area contributed by atoms with Crippen LogP contribution in [0.4, 0.5) is 0 Å². The summed E-state index contributed by atoms with van der Waals surface area (Å²) in [5.74, 6) is 1.07. The van der Waals surface area contributed by atoms with Crippen molar-refractivity contribution in [2.45, 2.75) is 110 Å². The van der Waals surface area contributed by atoms with Crippen molar-refractivity contribution >= 4 is 23.6 Å². The van der Waals surface area contributed by atoms with E-state index in [0.717, 1.165) is 5.75 Å². The first-order valence-electron chi connectivity index (χ1n) is 9.02. The maximum absolute atomic E-state index is 4.24. The van der Waals surface area contributed by atoms with Gasteiger partial charge in [-0.2, -0.15) is 12.6 Å². The summed E-state index contributed by atoms with van der Waals surface area (Å²) in [5, 5.41) is 0. The third kappa shape index (κ3) is 20.9. The van der Waals surface area contributed by atoms with E-state index in [9.17, 15) is 0 Å². The summed E-state index contributed by atoms with van der Waals surface area (Å²) in [5.41, 5.74) is 0. The molecule has 0 saturated carbocycles. The largest absolute Gasteiger partial charge is 0.179 e. The quantitative estimate of drug-likeness (QED) is 0.181. The van der Waals surface area contributed by atoms with Crippen LogP contribution in [0.1, 0.15) is 110 Å². The molecule has 0 aliphatic carbocycles. The smallest absolute Gasteiger partial charge is 0 e. The van der Waals surface area contributed by atoms with Crippen LogP contribution in [0.3, 0.4) is 0 Å². The zero-order valence-electron chi connectivity index (χ0n) is 14.0. The molecule has 0 bridgehead atoms. The average Bonchev–Trinajstić information content (AvgIpc) is 2.43. The molecule has 0 nitrogen and oxygen atoms in total. The Balaban J connectivity index is 0. The molecule has 0 aromatic heterocycles. The Hall–Kier alpha value is 0.567. The molecule has 0 aliphatic rings. The van der Waals surface area contributed by atoms with Crippen LogP contribution in [0.25, 0.3) is 0 Å². The molecule has 0 aromatic rings. The molecule has 20 heavy (non-hydrogen) atoms. The van der Waals surface area contributed by atoms with Crippen LogP contribution in [0.15, 0.2) is 0 Å². The number of hydrogen-bond acceptors (Lipinski definition) is 1. The second kappa shape index (κ2) is 21.9. The van der Waals surface area contributed by atoms with Gasteiger partial charge in [0.15, 0.2) is 0 Å². The van der Waals surface area contributed by atoms with Crippen LogP contribution in [0.5, 0.6) is 0 Å². The predicted octanol–water partition coefficient (Wildman–Crippen LogP) is 6.80. The lowest BCUT2D eigenvalue weighted by atomic mass is 10.0. The SMILES string of the molecule is CCCCCCCCCCCCCCCCCCS.[Si]. The zero-order valence-corrected chi connectivity index (χ0v) is 15.9. The zero-order chi connectivity index (χ0) is 14.0.